The monoisotopic (exact) mass is 267 g/mol. The molecule has 1 amide bonds. The van der Waals surface area contributed by atoms with E-state index in [9.17, 15) is 19.8 Å². The molecule has 1 atom stereocenters. The van der Waals surface area contributed by atoms with Gasteiger partial charge in [0.25, 0.3) is 0 Å². The molecule has 6 nitrogen and oxygen atoms in total. The molecular formula is C13H17NO5. The Hall–Kier alpha value is -2.08. The maximum Gasteiger partial charge on any atom is 0.333 e. The number of nitrogens with zero attached hydrogens (tertiary/aromatic N) is 1. The van der Waals surface area contributed by atoms with Crippen LogP contribution in [0.15, 0.2) is 24.3 Å². The summed E-state index contributed by atoms with van der Waals surface area (Å²) < 4.78 is 0. The lowest BCUT2D eigenvalue weighted by atomic mass is 10.1. The number of hydrogen-bond donors (Lipinski definition) is 2. The third-order valence-corrected chi connectivity index (χ3v) is 2.18. The zero-order chi connectivity index (χ0) is 14.6. The molecule has 6 heteroatoms. The van der Waals surface area contributed by atoms with Crippen LogP contribution in [0.4, 0.5) is 0 Å². The Kier molecular flexibility index (Phi) is 4.50. The van der Waals surface area contributed by atoms with Crippen LogP contribution < -0.4 is 0 Å². The summed E-state index contributed by atoms with van der Waals surface area (Å²) >= 11 is 0. The molecule has 0 spiro atoms. The minimum Gasteiger partial charge on any atom is -0.508 e. The summed E-state index contributed by atoms with van der Waals surface area (Å²) in [5.41, 5.74) is -0.368. The Balaban J connectivity index is 3.08. The highest BCUT2D eigenvalue weighted by Crippen LogP contribution is 2.25. The molecular weight excluding hydrogens is 250 g/mol. The molecule has 0 bridgehead atoms. The van der Waals surface area contributed by atoms with E-state index in [1.807, 2.05) is 0 Å². The molecule has 0 aliphatic rings. The fraction of sp³-hybridized carbons (Fsp3) is 0.385. The molecule has 0 fully saturated rings. The fourth-order valence-electron chi connectivity index (χ4n) is 1.51. The number of hydrogen-bond acceptors (Lipinski definition) is 4. The average Bonchev–Trinajstić information content (AvgIpc) is 2.28. The molecule has 1 aromatic rings. The first-order valence-electron chi connectivity index (χ1n) is 5.69. The van der Waals surface area contributed by atoms with E-state index in [0.717, 1.165) is 5.06 Å². The van der Waals surface area contributed by atoms with Crippen molar-refractivity contribution in [1.29, 1.82) is 0 Å². The zero-order valence-corrected chi connectivity index (χ0v) is 11.0. The molecule has 0 aromatic heterocycles. The number of carboxylic acid groups (broad SMARTS) is 1. The predicted octanol–water partition coefficient (Wildman–Crippen LogP) is 1.71. The zero-order valence-electron chi connectivity index (χ0n) is 11.0. The molecule has 1 unspecified atom stereocenters. The number of carbonyl (C=O) groups is 2. The van der Waals surface area contributed by atoms with Crippen LogP contribution in [0.1, 0.15) is 32.4 Å². The Bertz CT molecular complexity index is 449. The predicted molar refractivity (Wildman–Crippen MR) is 67.2 cm³/mol. The van der Waals surface area contributed by atoms with Crippen molar-refractivity contribution in [3.8, 4) is 5.75 Å². The highest BCUT2D eigenvalue weighted by atomic mass is 16.7. The summed E-state index contributed by atoms with van der Waals surface area (Å²) in [6, 6.07) is 4.29. The number of carbonyl (C=O) groups excluding carboxylic acids is 1. The van der Waals surface area contributed by atoms with Gasteiger partial charge in [-0.1, -0.05) is 12.1 Å². The van der Waals surface area contributed by atoms with Crippen molar-refractivity contribution >= 4 is 12.4 Å². The highest BCUT2D eigenvalue weighted by Gasteiger charge is 2.30. The smallest absolute Gasteiger partial charge is 0.333 e. The van der Waals surface area contributed by atoms with E-state index in [1.165, 1.54) is 24.3 Å². The number of amides is 1. The lowest BCUT2D eigenvalue weighted by Gasteiger charge is -2.30. The fourth-order valence-corrected chi connectivity index (χ4v) is 1.51. The van der Waals surface area contributed by atoms with E-state index in [0.29, 0.717) is 12.0 Å². The standard InChI is InChI=1S/C13H17NO5/c1-13(2,3)19-14(8-15)11(12(17)18)9-4-6-10(16)7-5-9/h4-8,11,16H,1-3H3,(H,17,18). The molecule has 0 saturated heterocycles. The summed E-state index contributed by atoms with van der Waals surface area (Å²) in [6.07, 6.45) is 0.330. The van der Waals surface area contributed by atoms with E-state index in [2.05, 4.69) is 0 Å². The van der Waals surface area contributed by atoms with Crippen LogP contribution in [0.3, 0.4) is 0 Å². The van der Waals surface area contributed by atoms with Crippen molar-refractivity contribution in [1.82, 2.24) is 5.06 Å². The van der Waals surface area contributed by atoms with Gasteiger partial charge in [-0.25, -0.2) is 9.86 Å². The number of phenols is 1. The summed E-state index contributed by atoms with van der Waals surface area (Å²) in [7, 11) is 0. The van der Waals surface area contributed by atoms with Gasteiger partial charge in [-0.3, -0.25) is 9.63 Å². The van der Waals surface area contributed by atoms with Gasteiger partial charge in [-0.05, 0) is 38.5 Å². The van der Waals surface area contributed by atoms with Crippen LogP contribution in [0.5, 0.6) is 5.75 Å². The van der Waals surface area contributed by atoms with Crippen LogP contribution in [0.25, 0.3) is 0 Å². The maximum absolute atomic E-state index is 11.3. The molecule has 2 N–H and O–H groups in total. The molecule has 0 heterocycles. The highest BCUT2D eigenvalue weighted by molar-refractivity contribution is 5.77. The number of aromatic hydroxyl groups is 1. The number of hydroxylamine groups is 2. The third kappa shape index (κ3) is 4.26. The molecule has 0 radical (unpaired) electrons. The SMILES string of the molecule is CC(C)(C)ON(C=O)C(C(=O)O)c1ccc(O)cc1. The van der Waals surface area contributed by atoms with E-state index >= 15 is 0 Å². The minimum absolute atomic E-state index is 0.0160. The summed E-state index contributed by atoms with van der Waals surface area (Å²) in [6.45, 7) is 5.12. The van der Waals surface area contributed by atoms with Crippen LogP contribution in [0, 0.1) is 0 Å². The number of benzene rings is 1. The first kappa shape index (κ1) is 15.0. The number of carboxylic acids is 1. The van der Waals surface area contributed by atoms with Gasteiger partial charge in [0, 0.05) is 0 Å². The van der Waals surface area contributed by atoms with Gasteiger partial charge in [-0.15, -0.1) is 0 Å². The first-order valence-corrected chi connectivity index (χ1v) is 5.69. The third-order valence-electron chi connectivity index (χ3n) is 2.18. The van der Waals surface area contributed by atoms with Gasteiger partial charge < -0.3 is 10.2 Å². The van der Waals surface area contributed by atoms with Crippen molar-refractivity contribution in [3.63, 3.8) is 0 Å². The maximum atomic E-state index is 11.3. The second-order valence-electron chi connectivity index (χ2n) is 5.00. The Morgan fingerprint density at radius 2 is 1.84 bits per heavy atom. The van der Waals surface area contributed by atoms with Gasteiger partial charge in [0.15, 0.2) is 6.04 Å². The average molecular weight is 267 g/mol. The molecule has 19 heavy (non-hydrogen) atoms. The largest absolute Gasteiger partial charge is 0.508 e. The van der Waals surface area contributed by atoms with E-state index in [-0.39, 0.29) is 5.75 Å². The molecule has 104 valence electrons. The van der Waals surface area contributed by atoms with E-state index < -0.39 is 17.6 Å². The van der Waals surface area contributed by atoms with E-state index in [1.54, 1.807) is 20.8 Å². The Morgan fingerprint density at radius 3 is 2.21 bits per heavy atom. The quantitative estimate of drug-likeness (QED) is 0.626. The van der Waals surface area contributed by atoms with Gasteiger partial charge >= 0.3 is 5.97 Å². The van der Waals surface area contributed by atoms with Crippen molar-refractivity contribution in [2.24, 2.45) is 0 Å². The van der Waals surface area contributed by atoms with Crippen LogP contribution in [-0.2, 0) is 14.4 Å². The second-order valence-corrected chi connectivity index (χ2v) is 5.00. The summed E-state index contributed by atoms with van der Waals surface area (Å²) in [5, 5.41) is 19.2. The molecule has 0 saturated carbocycles. The molecule has 1 rings (SSSR count). The van der Waals surface area contributed by atoms with Gasteiger partial charge in [-0.2, -0.15) is 0 Å². The summed E-state index contributed by atoms with van der Waals surface area (Å²) in [4.78, 5) is 27.7. The minimum atomic E-state index is -1.27. The van der Waals surface area contributed by atoms with Crippen LogP contribution in [0.2, 0.25) is 0 Å². The lowest BCUT2D eigenvalue weighted by molar-refractivity contribution is -0.236. The van der Waals surface area contributed by atoms with E-state index in [4.69, 9.17) is 4.84 Å². The molecule has 0 aliphatic heterocycles. The second kappa shape index (κ2) is 5.71. The normalized spacial score (nSPS) is 12.8. The van der Waals surface area contributed by atoms with Gasteiger partial charge in [0.2, 0.25) is 6.41 Å². The van der Waals surface area contributed by atoms with Crippen molar-refractivity contribution in [2.75, 3.05) is 0 Å². The molecule has 1 aromatic carbocycles. The topological polar surface area (TPSA) is 87.1 Å². The first-order chi connectivity index (χ1) is 8.74. The number of phenolic OH excluding ortho intramolecular Hbond substituents is 1. The van der Waals surface area contributed by atoms with Crippen molar-refractivity contribution in [2.45, 2.75) is 32.4 Å². The van der Waals surface area contributed by atoms with Crippen LogP contribution in [-0.4, -0.2) is 33.3 Å². The van der Waals surface area contributed by atoms with Crippen molar-refractivity contribution < 1.29 is 24.6 Å². The summed E-state index contributed by atoms with van der Waals surface area (Å²) in [5.74, 6) is -1.20. The Morgan fingerprint density at radius 1 is 1.32 bits per heavy atom. The molecule has 0 aliphatic carbocycles. The van der Waals surface area contributed by atoms with Crippen LogP contribution >= 0.6 is 0 Å². The van der Waals surface area contributed by atoms with Gasteiger partial charge in [0.1, 0.15) is 5.75 Å². The van der Waals surface area contributed by atoms with Crippen molar-refractivity contribution in [3.05, 3.63) is 29.8 Å². The lowest BCUT2D eigenvalue weighted by Crippen LogP contribution is -2.39. The Labute approximate surface area is 111 Å². The van der Waals surface area contributed by atoms with Gasteiger partial charge in [0.05, 0.1) is 5.60 Å². The number of rotatable bonds is 5. The number of aliphatic carboxylic acids is 1.